The first-order valence-electron chi connectivity index (χ1n) is 5.80. The number of amides is 1. The maximum atomic E-state index is 11.5. The number of carbonyl (C=O) groups excluding carboxylic acids is 1. The third kappa shape index (κ3) is 5.53. The fraction of sp³-hybridized carbons (Fsp3) is 0.462. The molecule has 0 aliphatic heterocycles. The van der Waals surface area contributed by atoms with Crippen LogP contribution < -0.4 is 5.32 Å². The van der Waals surface area contributed by atoms with Crippen LogP contribution in [0.3, 0.4) is 0 Å². The number of aliphatic hydroxyl groups is 1. The summed E-state index contributed by atoms with van der Waals surface area (Å²) in [5.74, 6) is 0.354. The molecule has 1 amide bonds. The minimum atomic E-state index is -0.485. The summed E-state index contributed by atoms with van der Waals surface area (Å²) in [5.41, 5.74) is 0.861. The van der Waals surface area contributed by atoms with E-state index in [1.54, 1.807) is 14.0 Å². The normalized spacial score (nSPS) is 12.2. The highest BCUT2D eigenvalue weighted by Crippen LogP contribution is 2.21. The van der Waals surface area contributed by atoms with E-state index < -0.39 is 6.10 Å². The van der Waals surface area contributed by atoms with Crippen molar-refractivity contribution in [2.45, 2.75) is 17.9 Å². The first-order chi connectivity index (χ1) is 8.63. The Morgan fingerprint density at radius 2 is 2.33 bits per heavy atom. The van der Waals surface area contributed by atoms with Gasteiger partial charge in [-0.3, -0.25) is 4.79 Å². The topological polar surface area (TPSA) is 58.6 Å². The number of aliphatic hydroxyl groups excluding tert-OH is 1. The number of ether oxygens (including phenoxy) is 1. The summed E-state index contributed by atoms with van der Waals surface area (Å²) in [5, 5.41) is 12.2. The zero-order valence-corrected chi connectivity index (χ0v) is 11.5. The summed E-state index contributed by atoms with van der Waals surface area (Å²) < 4.78 is 4.85. The maximum absolute atomic E-state index is 11.5. The minimum Gasteiger partial charge on any atom is -0.389 e. The largest absolute Gasteiger partial charge is 0.389 e. The number of hydrogen-bond acceptors (Lipinski definition) is 4. The molecule has 4 nitrogen and oxygen atoms in total. The van der Waals surface area contributed by atoms with Gasteiger partial charge in [0, 0.05) is 18.6 Å². The lowest BCUT2D eigenvalue weighted by Crippen LogP contribution is -2.28. The third-order valence-electron chi connectivity index (χ3n) is 2.34. The lowest BCUT2D eigenvalue weighted by atomic mass is 10.1. The fourth-order valence-corrected chi connectivity index (χ4v) is 2.15. The van der Waals surface area contributed by atoms with Gasteiger partial charge < -0.3 is 15.2 Å². The number of nitrogens with one attached hydrogen (secondary N) is 1. The summed E-state index contributed by atoms with van der Waals surface area (Å²) in [7, 11) is 1.60. The number of benzene rings is 1. The second-order valence-corrected chi connectivity index (χ2v) is 4.93. The van der Waals surface area contributed by atoms with Crippen LogP contribution in [0.4, 0.5) is 0 Å². The molecule has 2 N–H and O–H groups in total. The number of methoxy groups -OCH3 is 1. The molecule has 0 spiro atoms. The number of rotatable bonds is 7. The average molecular weight is 269 g/mol. The van der Waals surface area contributed by atoms with Crippen molar-refractivity contribution >= 4 is 17.7 Å². The highest BCUT2D eigenvalue weighted by atomic mass is 32.2. The molecule has 0 aliphatic rings. The van der Waals surface area contributed by atoms with Crippen molar-refractivity contribution in [2.24, 2.45) is 0 Å². The first kappa shape index (κ1) is 15.0. The van der Waals surface area contributed by atoms with Gasteiger partial charge in [-0.25, -0.2) is 0 Å². The molecule has 1 aromatic rings. The van der Waals surface area contributed by atoms with Gasteiger partial charge in [-0.2, -0.15) is 0 Å². The minimum absolute atomic E-state index is 0.0144. The van der Waals surface area contributed by atoms with Crippen molar-refractivity contribution in [3.8, 4) is 0 Å². The van der Waals surface area contributed by atoms with Gasteiger partial charge in [0.05, 0.1) is 18.5 Å². The van der Waals surface area contributed by atoms with Gasteiger partial charge in [0.15, 0.2) is 0 Å². The van der Waals surface area contributed by atoms with Crippen LogP contribution in [-0.2, 0) is 9.53 Å². The summed E-state index contributed by atoms with van der Waals surface area (Å²) >= 11 is 1.45. The number of carbonyl (C=O) groups is 1. The van der Waals surface area contributed by atoms with Crippen molar-refractivity contribution in [2.75, 3.05) is 26.0 Å². The second kappa shape index (κ2) is 8.13. The molecule has 0 heterocycles. The van der Waals surface area contributed by atoms with E-state index in [0.717, 1.165) is 10.5 Å². The van der Waals surface area contributed by atoms with Crippen LogP contribution in [0.2, 0.25) is 0 Å². The Bertz CT molecular complexity index is 382. The molecule has 1 atom stereocenters. The Balaban J connectivity index is 2.38. The molecule has 5 heteroatoms. The van der Waals surface area contributed by atoms with Crippen LogP contribution in [-0.4, -0.2) is 37.0 Å². The Kier molecular flexibility index (Phi) is 6.78. The molecule has 0 aliphatic carbocycles. The zero-order valence-electron chi connectivity index (χ0n) is 10.7. The summed E-state index contributed by atoms with van der Waals surface area (Å²) in [6.45, 7) is 2.78. The highest BCUT2D eigenvalue weighted by Gasteiger charge is 2.05. The lowest BCUT2D eigenvalue weighted by Gasteiger charge is -2.07. The summed E-state index contributed by atoms with van der Waals surface area (Å²) in [6, 6.07) is 7.58. The Hall–Kier alpha value is -1.04. The standard InChI is InChI=1S/C13H19NO3S/c1-10(15)11-4-3-5-12(8-11)18-9-13(16)14-6-7-17-2/h3-5,8,10,15H,6-7,9H2,1-2H3,(H,14,16). The first-order valence-corrected chi connectivity index (χ1v) is 6.78. The Labute approximate surface area is 112 Å². The molecule has 1 unspecified atom stereocenters. The average Bonchev–Trinajstić information content (AvgIpc) is 2.37. The molecule has 0 fully saturated rings. The fourth-order valence-electron chi connectivity index (χ4n) is 1.36. The van der Waals surface area contributed by atoms with Crippen LogP contribution in [0.15, 0.2) is 29.2 Å². The smallest absolute Gasteiger partial charge is 0.230 e. The van der Waals surface area contributed by atoms with Gasteiger partial charge in [0.2, 0.25) is 5.91 Å². The molecule has 0 radical (unpaired) electrons. The van der Waals surface area contributed by atoms with E-state index >= 15 is 0 Å². The zero-order chi connectivity index (χ0) is 13.4. The Morgan fingerprint density at radius 3 is 3.00 bits per heavy atom. The van der Waals surface area contributed by atoms with Gasteiger partial charge in [-0.05, 0) is 24.6 Å². The molecule has 0 aromatic heterocycles. The van der Waals surface area contributed by atoms with E-state index in [1.165, 1.54) is 11.8 Å². The van der Waals surface area contributed by atoms with Crippen molar-refractivity contribution in [3.05, 3.63) is 29.8 Å². The van der Waals surface area contributed by atoms with Crippen LogP contribution in [0.1, 0.15) is 18.6 Å². The monoisotopic (exact) mass is 269 g/mol. The third-order valence-corrected chi connectivity index (χ3v) is 3.33. The molecular formula is C13H19NO3S. The van der Waals surface area contributed by atoms with E-state index in [9.17, 15) is 9.90 Å². The molecule has 100 valence electrons. The molecule has 1 aromatic carbocycles. The number of hydrogen-bond donors (Lipinski definition) is 2. The quantitative estimate of drug-likeness (QED) is 0.583. The van der Waals surface area contributed by atoms with E-state index in [0.29, 0.717) is 18.9 Å². The number of thioether (sulfide) groups is 1. The van der Waals surface area contributed by atoms with Crippen LogP contribution in [0.5, 0.6) is 0 Å². The molecule has 1 rings (SSSR count). The van der Waals surface area contributed by atoms with Crippen LogP contribution in [0.25, 0.3) is 0 Å². The van der Waals surface area contributed by atoms with Crippen LogP contribution >= 0.6 is 11.8 Å². The predicted octanol–water partition coefficient (Wildman–Crippen LogP) is 1.59. The molecule has 0 saturated heterocycles. The SMILES string of the molecule is COCCNC(=O)CSc1cccc(C(C)O)c1. The van der Waals surface area contributed by atoms with Gasteiger partial charge in [-0.15, -0.1) is 11.8 Å². The van der Waals surface area contributed by atoms with E-state index in [2.05, 4.69) is 5.32 Å². The van der Waals surface area contributed by atoms with Crippen molar-refractivity contribution in [1.29, 1.82) is 0 Å². The van der Waals surface area contributed by atoms with Gasteiger partial charge in [0.25, 0.3) is 0 Å². The van der Waals surface area contributed by atoms with Crippen molar-refractivity contribution in [1.82, 2.24) is 5.32 Å². The molecule has 0 saturated carbocycles. The maximum Gasteiger partial charge on any atom is 0.230 e. The van der Waals surface area contributed by atoms with Crippen molar-refractivity contribution < 1.29 is 14.6 Å². The Morgan fingerprint density at radius 1 is 1.56 bits per heavy atom. The molecule has 0 bridgehead atoms. The predicted molar refractivity (Wildman–Crippen MR) is 72.7 cm³/mol. The second-order valence-electron chi connectivity index (χ2n) is 3.88. The lowest BCUT2D eigenvalue weighted by molar-refractivity contribution is -0.118. The van der Waals surface area contributed by atoms with Crippen LogP contribution in [0, 0.1) is 0 Å². The summed E-state index contributed by atoms with van der Waals surface area (Å²) in [4.78, 5) is 12.5. The van der Waals surface area contributed by atoms with Crippen molar-refractivity contribution in [3.63, 3.8) is 0 Å². The van der Waals surface area contributed by atoms with E-state index in [1.807, 2.05) is 24.3 Å². The van der Waals surface area contributed by atoms with Gasteiger partial charge >= 0.3 is 0 Å². The van der Waals surface area contributed by atoms with Gasteiger partial charge in [-0.1, -0.05) is 12.1 Å². The highest BCUT2D eigenvalue weighted by molar-refractivity contribution is 8.00. The molecular weight excluding hydrogens is 250 g/mol. The molecule has 18 heavy (non-hydrogen) atoms. The van der Waals surface area contributed by atoms with E-state index in [4.69, 9.17) is 4.74 Å². The van der Waals surface area contributed by atoms with Gasteiger partial charge in [0.1, 0.15) is 0 Å². The van der Waals surface area contributed by atoms with E-state index in [-0.39, 0.29) is 5.91 Å². The summed E-state index contributed by atoms with van der Waals surface area (Å²) in [6.07, 6.45) is -0.485.